The molecule has 0 saturated carbocycles. The summed E-state index contributed by atoms with van der Waals surface area (Å²) >= 11 is 3.08. The van der Waals surface area contributed by atoms with Crippen molar-refractivity contribution in [3.8, 4) is 0 Å². The van der Waals surface area contributed by atoms with E-state index in [-0.39, 0.29) is 17.6 Å². The minimum absolute atomic E-state index is 0.00790. The van der Waals surface area contributed by atoms with Gasteiger partial charge in [-0.15, -0.1) is 22.7 Å². The molecule has 24 heavy (non-hydrogen) atoms. The lowest BCUT2D eigenvalue weighted by Gasteiger charge is -2.52. The number of hydrogen-bond acceptors (Lipinski definition) is 7. The van der Waals surface area contributed by atoms with Crippen molar-refractivity contribution in [1.29, 1.82) is 0 Å². The molecule has 2 aromatic heterocycles. The van der Waals surface area contributed by atoms with Gasteiger partial charge in [0.25, 0.3) is 5.91 Å². The molecule has 0 aliphatic carbocycles. The third-order valence-electron chi connectivity index (χ3n) is 4.48. The van der Waals surface area contributed by atoms with E-state index in [0.29, 0.717) is 32.0 Å². The highest BCUT2D eigenvalue weighted by atomic mass is 32.1. The largest absolute Gasteiger partial charge is 0.372 e. The first-order valence-electron chi connectivity index (χ1n) is 7.98. The normalized spacial score (nSPS) is 22.5. The monoisotopic (exact) mass is 365 g/mol. The maximum atomic E-state index is 12.3. The van der Waals surface area contributed by atoms with Crippen LogP contribution in [0.15, 0.2) is 16.3 Å². The molecular weight excluding hydrogens is 346 g/mol. The predicted molar refractivity (Wildman–Crippen MR) is 91.4 cm³/mol. The van der Waals surface area contributed by atoms with Gasteiger partial charge >= 0.3 is 0 Å². The average Bonchev–Trinajstić information content (AvgIpc) is 3.22. The van der Waals surface area contributed by atoms with Gasteiger partial charge in [0.1, 0.15) is 11.3 Å². The van der Waals surface area contributed by atoms with E-state index in [1.165, 1.54) is 11.3 Å². The topological polar surface area (TPSA) is 64.6 Å². The van der Waals surface area contributed by atoms with E-state index in [4.69, 9.17) is 9.47 Å². The number of aromatic nitrogens is 2. The van der Waals surface area contributed by atoms with Crippen molar-refractivity contribution in [3.63, 3.8) is 0 Å². The van der Waals surface area contributed by atoms with Gasteiger partial charge in [-0.05, 0) is 13.3 Å². The molecule has 2 saturated heterocycles. The van der Waals surface area contributed by atoms with Crippen LogP contribution in [0.25, 0.3) is 0 Å². The molecule has 1 spiro atoms. The fourth-order valence-electron chi connectivity index (χ4n) is 3.30. The fourth-order valence-corrected chi connectivity index (χ4v) is 4.42. The Morgan fingerprint density at radius 1 is 1.50 bits per heavy atom. The summed E-state index contributed by atoms with van der Waals surface area (Å²) in [7, 11) is 0. The molecule has 0 N–H and O–H groups in total. The van der Waals surface area contributed by atoms with Crippen LogP contribution in [0, 0.1) is 6.92 Å². The zero-order valence-electron chi connectivity index (χ0n) is 13.4. The van der Waals surface area contributed by atoms with Gasteiger partial charge in [0, 0.05) is 23.8 Å². The summed E-state index contributed by atoms with van der Waals surface area (Å²) in [5, 5.41) is 4.89. The molecule has 1 amide bonds. The van der Waals surface area contributed by atoms with E-state index >= 15 is 0 Å². The minimum Gasteiger partial charge on any atom is -0.372 e. The van der Waals surface area contributed by atoms with Gasteiger partial charge in [-0.1, -0.05) is 0 Å². The highest BCUT2D eigenvalue weighted by molar-refractivity contribution is 7.09. The second kappa shape index (κ2) is 6.51. The zero-order valence-corrected chi connectivity index (χ0v) is 15.1. The van der Waals surface area contributed by atoms with Crippen LogP contribution >= 0.6 is 22.7 Å². The first-order chi connectivity index (χ1) is 11.6. The van der Waals surface area contributed by atoms with Crippen molar-refractivity contribution in [3.05, 3.63) is 32.7 Å². The highest BCUT2D eigenvalue weighted by Gasteiger charge is 2.49. The molecule has 2 aliphatic heterocycles. The SMILES string of the molecule is Cc1nc(CO[C@@H]2CCOC3(C2)CN(C(=O)c2cscn2)C3)cs1. The van der Waals surface area contributed by atoms with Crippen molar-refractivity contribution in [1.82, 2.24) is 14.9 Å². The summed E-state index contributed by atoms with van der Waals surface area (Å²) in [5.41, 5.74) is 2.96. The van der Waals surface area contributed by atoms with Crippen molar-refractivity contribution >= 4 is 28.6 Å². The maximum absolute atomic E-state index is 12.3. The first-order valence-corrected chi connectivity index (χ1v) is 9.80. The third-order valence-corrected chi connectivity index (χ3v) is 5.89. The standard InChI is InChI=1S/C16H19N3O3S2/c1-11-18-12(6-24-11)5-21-13-2-3-22-16(4-13)8-19(9-16)15(20)14-7-23-10-17-14/h6-7,10,13H,2-5,8-9H2,1H3/t13-/m1/s1. The van der Waals surface area contributed by atoms with Gasteiger partial charge in [-0.2, -0.15) is 0 Å². The van der Waals surface area contributed by atoms with Crippen LogP contribution in [0.5, 0.6) is 0 Å². The fraction of sp³-hybridized carbons (Fsp3) is 0.562. The van der Waals surface area contributed by atoms with E-state index in [0.717, 1.165) is 23.5 Å². The summed E-state index contributed by atoms with van der Waals surface area (Å²) in [6.07, 6.45) is 1.89. The van der Waals surface area contributed by atoms with E-state index in [1.54, 1.807) is 27.1 Å². The molecular formula is C16H19N3O3S2. The first kappa shape index (κ1) is 16.1. The van der Waals surface area contributed by atoms with Crippen LogP contribution in [0.1, 0.15) is 34.0 Å². The Hall–Kier alpha value is -1.35. The molecule has 2 aliphatic rings. The molecule has 2 aromatic rings. The van der Waals surface area contributed by atoms with Gasteiger partial charge in [0.2, 0.25) is 0 Å². The van der Waals surface area contributed by atoms with Crippen LogP contribution in [-0.4, -0.2) is 52.2 Å². The van der Waals surface area contributed by atoms with Gasteiger partial charge < -0.3 is 14.4 Å². The lowest BCUT2D eigenvalue weighted by atomic mass is 9.84. The summed E-state index contributed by atoms with van der Waals surface area (Å²) in [6.45, 7) is 4.48. The number of carbonyl (C=O) groups is 1. The second-order valence-corrected chi connectivity index (χ2v) is 8.13. The number of rotatable bonds is 4. The summed E-state index contributed by atoms with van der Waals surface area (Å²) in [4.78, 5) is 22.6. The lowest BCUT2D eigenvalue weighted by molar-refractivity contribution is -0.188. The van der Waals surface area contributed by atoms with E-state index in [1.807, 2.05) is 12.3 Å². The minimum atomic E-state index is -0.243. The summed E-state index contributed by atoms with van der Waals surface area (Å²) in [5.74, 6) is -0.00790. The maximum Gasteiger partial charge on any atom is 0.273 e. The van der Waals surface area contributed by atoms with Crippen molar-refractivity contribution < 1.29 is 14.3 Å². The molecule has 128 valence electrons. The number of nitrogens with zero attached hydrogens (tertiary/aromatic N) is 3. The van der Waals surface area contributed by atoms with Crippen LogP contribution in [0.4, 0.5) is 0 Å². The predicted octanol–water partition coefficient (Wildman–Crippen LogP) is 2.50. The zero-order chi connectivity index (χ0) is 16.6. The number of hydrogen-bond donors (Lipinski definition) is 0. The quantitative estimate of drug-likeness (QED) is 0.833. The molecule has 0 bridgehead atoms. The molecule has 6 nitrogen and oxygen atoms in total. The van der Waals surface area contributed by atoms with Crippen molar-refractivity contribution in [2.75, 3.05) is 19.7 Å². The number of aryl methyl sites for hydroxylation is 1. The Morgan fingerprint density at radius 2 is 2.38 bits per heavy atom. The van der Waals surface area contributed by atoms with Gasteiger partial charge in [-0.3, -0.25) is 4.79 Å². The van der Waals surface area contributed by atoms with E-state index < -0.39 is 0 Å². The highest BCUT2D eigenvalue weighted by Crippen LogP contribution is 2.36. The number of amides is 1. The lowest BCUT2D eigenvalue weighted by Crippen LogP contribution is -2.67. The molecule has 1 atom stereocenters. The number of thiazole rings is 2. The molecule has 8 heteroatoms. The Balaban J connectivity index is 1.30. The van der Waals surface area contributed by atoms with E-state index in [2.05, 4.69) is 9.97 Å². The second-order valence-electron chi connectivity index (χ2n) is 6.35. The Labute approximate surface area is 148 Å². The average molecular weight is 365 g/mol. The molecule has 0 unspecified atom stereocenters. The van der Waals surface area contributed by atoms with E-state index in [9.17, 15) is 4.79 Å². The summed E-state index contributed by atoms with van der Waals surface area (Å²) in [6, 6.07) is 0. The van der Waals surface area contributed by atoms with Crippen LogP contribution in [0.2, 0.25) is 0 Å². The van der Waals surface area contributed by atoms with Crippen LogP contribution in [0.3, 0.4) is 0 Å². The van der Waals surface area contributed by atoms with Crippen LogP contribution in [-0.2, 0) is 16.1 Å². The van der Waals surface area contributed by atoms with Gasteiger partial charge in [-0.25, -0.2) is 9.97 Å². The Kier molecular flexibility index (Phi) is 4.38. The molecule has 0 aromatic carbocycles. The number of carbonyl (C=O) groups excluding carboxylic acids is 1. The molecule has 2 fully saturated rings. The number of likely N-dealkylation sites (tertiary alicyclic amines) is 1. The smallest absolute Gasteiger partial charge is 0.273 e. The Bertz CT molecular complexity index is 710. The molecule has 0 radical (unpaired) electrons. The summed E-state index contributed by atoms with van der Waals surface area (Å²) < 4.78 is 12.0. The molecule has 4 heterocycles. The van der Waals surface area contributed by atoms with Gasteiger partial charge in [0.05, 0.1) is 42.0 Å². The third kappa shape index (κ3) is 3.23. The molecule has 4 rings (SSSR count). The van der Waals surface area contributed by atoms with Crippen molar-refractivity contribution in [2.45, 2.75) is 38.1 Å². The van der Waals surface area contributed by atoms with Gasteiger partial charge in [0.15, 0.2) is 0 Å². The Morgan fingerprint density at radius 3 is 3.08 bits per heavy atom. The van der Waals surface area contributed by atoms with Crippen LogP contribution < -0.4 is 0 Å². The number of ether oxygens (including phenoxy) is 2. The van der Waals surface area contributed by atoms with Crippen molar-refractivity contribution in [2.24, 2.45) is 0 Å².